The van der Waals surface area contributed by atoms with E-state index in [1.54, 1.807) is 12.1 Å². The summed E-state index contributed by atoms with van der Waals surface area (Å²) in [6.45, 7) is 8.51. The predicted molar refractivity (Wildman–Crippen MR) is 134 cm³/mol. The minimum Gasteiger partial charge on any atom is -0.368 e. The van der Waals surface area contributed by atoms with Crippen molar-refractivity contribution in [3.8, 4) is 0 Å². The Balaban J connectivity index is 1.35. The smallest absolute Gasteiger partial charge is 0.269 e. The number of non-ortho nitro benzene ring substituents is 1. The van der Waals surface area contributed by atoms with E-state index < -0.39 is 4.92 Å². The second-order valence-electron chi connectivity index (χ2n) is 8.93. The Hall–Kier alpha value is -3.27. The van der Waals surface area contributed by atoms with E-state index >= 15 is 0 Å². The number of piperazine rings is 1. The van der Waals surface area contributed by atoms with Crippen molar-refractivity contribution >= 4 is 44.7 Å². The van der Waals surface area contributed by atoms with Crippen LogP contribution in [0.1, 0.15) is 40.3 Å². The van der Waals surface area contributed by atoms with E-state index in [1.165, 1.54) is 42.7 Å². The van der Waals surface area contributed by atoms with Crippen molar-refractivity contribution in [2.75, 3.05) is 49.1 Å². The fourth-order valence-electron chi connectivity index (χ4n) is 4.86. The fourth-order valence-corrected chi connectivity index (χ4v) is 6.05. The van der Waals surface area contributed by atoms with Gasteiger partial charge >= 0.3 is 0 Å². The van der Waals surface area contributed by atoms with Gasteiger partial charge in [-0.3, -0.25) is 14.9 Å². The summed E-state index contributed by atoms with van der Waals surface area (Å²) in [4.78, 5) is 41.5. The lowest BCUT2D eigenvalue weighted by Gasteiger charge is -2.36. The molecule has 0 N–H and O–H groups in total. The van der Waals surface area contributed by atoms with Crippen molar-refractivity contribution in [2.24, 2.45) is 0 Å². The van der Waals surface area contributed by atoms with Crippen molar-refractivity contribution in [3.05, 3.63) is 50.6 Å². The number of piperidine rings is 1. The molecule has 9 nitrogen and oxygen atoms in total. The van der Waals surface area contributed by atoms with Crippen molar-refractivity contribution in [3.63, 3.8) is 0 Å². The van der Waals surface area contributed by atoms with Crippen LogP contribution in [0.15, 0.2) is 24.3 Å². The lowest BCUT2D eigenvalue weighted by molar-refractivity contribution is -0.384. The molecule has 0 unspecified atom stereocenters. The molecule has 0 spiro atoms. The second-order valence-corrected chi connectivity index (χ2v) is 9.93. The third-order valence-electron chi connectivity index (χ3n) is 6.73. The Kier molecular flexibility index (Phi) is 6.07. The number of aromatic nitrogens is 2. The number of hydrogen-bond donors (Lipinski definition) is 0. The molecule has 0 bridgehead atoms. The van der Waals surface area contributed by atoms with E-state index in [9.17, 15) is 14.9 Å². The molecule has 2 aromatic heterocycles. The zero-order valence-electron chi connectivity index (χ0n) is 19.5. The monoisotopic (exact) mass is 480 g/mol. The first-order valence-electron chi connectivity index (χ1n) is 11.7. The van der Waals surface area contributed by atoms with E-state index in [0.29, 0.717) is 26.2 Å². The number of amides is 1. The summed E-state index contributed by atoms with van der Waals surface area (Å²) in [7, 11) is 0. The maximum atomic E-state index is 13.5. The van der Waals surface area contributed by atoms with Crippen molar-refractivity contribution in [1.29, 1.82) is 0 Å². The zero-order valence-corrected chi connectivity index (χ0v) is 20.3. The lowest BCUT2D eigenvalue weighted by Crippen LogP contribution is -2.48. The van der Waals surface area contributed by atoms with Crippen molar-refractivity contribution in [2.45, 2.75) is 33.1 Å². The average Bonchev–Trinajstić information content (AvgIpc) is 3.19. The van der Waals surface area contributed by atoms with Crippen molar-refractivity contribution < 1.29 is 9.72 Å². The van der Waals surface area contributed by atoms with Crippen molar-refractivity contribution in [1.82, 2.24) is 14.9 Å². The van der Waals surface area contributed by atoms with Crippen LogP contribution in [-0.4, -0.2) is 65.0 Å². The zero-order chi connectivity index (χ0) is 23.8. The first-order valence-corrected chi connectivity index (χ1v) is 12.6. The molecule has 5 rings (SSSR count). The highest BCUT2D eigenvalue weighted by Gasteiger charge is 2.28. The molecule has 2 saturated heterocycles. The normalized spacial score (nSPS) is 16.8. The molecular weight excluding hydrogens is 452 g/mol. The Morgan fingerprint density at radius 1 is 0.941 bits per heavy atom. The molecule has 0 aliphatic carbocycles. The van der Waals surface area contributed by atoms with Gasteiger partial charge in [0.15, 0.2) is 0 Å². The number of nitrogens with zero attached hydrogens (tertiary/aromatic N) is 6. The van der Waals surface area contributed by atoms with Crippen LogP contribution in [0.25, 0.3) is 10.2 Å². The summed E-state index contributed by atoms with van der Waals surface area (Å²) in [5, 5.41) is 11.9. The van der Waals surface area contributed by atoms with Gasteiger partial charge in [0.1, 0.15) is 16.5 Å². The standard InChI is InChI=1S/C24H28N6O3S/c1-16-20-22(28-10-4-3-5-11-28)25-17(2)26-23(20)34-21(16)24(31)29-14-12-27(13-15-29)18-6-8-19(9-7-18)30(32)33/h6-9H,3-5,10-15H2,1-2H3. The Bertz CT molecular complexity index is 1230. The maximum absolute atomic E-state index is 13.5. The van der Waals surface area contributed by atoms with Gasteiger partial charge in [-0.1, -0.05) is 0 Å². The highest BCUT2D eigenvalue weighted by molar-refractivity contribution is 7.20. The first-order chi connectivity index (χ1) is 16.4. The quantitative estimate of drug-likeness (QED) is 0.408. The summed E-state index contributed by atoms with van der Waals surface area (Å²) in [6, 6.07) is 6.59. The van der Waals surface area contributed by atoms with Crippen LogP contribution in [0.4, 0.5) is 17.2 Å². The third kappa shape index (κ3) is 4.18. The first kappa shape index (κ1) is 22.5. The second kappa shape index (κ2) is 9.17. The average molecular weight is 481 g/mol. The molecule has 2 fully saturated rings. The Labute approximate surface area is 202 Å². The van der Waals surface area contributed by atoms with Gasteiger partial charge in [0.2, 0.25) is 0 Å². The molecule has 10 heteroatoms. The molecule has 1 amide bonds. The molecule has 3 aromatic rings. The molecule has 4 heterocycles. The largest absolute Gasteiger partial charge is 0.368 e. The molecule has 2 aliphatic rings. The number of thiophene rings is 1. The predicted octanol–water partition coefficient (Wildman–Crippen LogP) is 4.17. The van der Waals surface area contributed by atoms with Gasteiger partial charge in [-0.15, -0.1) is 11.3 Å². The van der Waals surface area contributed by atoms with Gasteiger partial charge in [-0.25, -0.2) is 9.97 Å². The van der Waals surface area contributed by atoms with Crippen LogP contribution in [-0.2, 0) is 0 Å². The minimum absolute atomic E-state index is 0.0473. The molecule has 0 atom stereocenters. The molecule has 34 heavy (non-hydrogen) atoms. The highest BCUT2D eigenvalue weighted by atomic mass is 32.1. The minimum atomic E-state index is -0.393. The number of nitro benzene ring substituents is 1. The van der Waals surface area contributed by atoms with E-state index in [4.69, 9.17) is 4.98 Å². The van der Waals surface area contributed by atoms with Crippen LogP contribution in [0.2, 0.25) is 0 Å². The number of aryl methyl sites for hydroxylation is 2. The summed E-state index contributed by atoms with van der Waals surface area (Å²) in [5.41, 5.74) is 2.00. The van der Waals surface area contributed by atoms with Crippen LogP contribution in [0.3, 0.4) is 0 Å². The third-order valence-corrected chi connectivity index (χ3v) is 7.90. The number of anilines is 2. The Morgan fingerprint density at radius 3 is 2.26 bits per heavy atom. The van der Waals surface area contributed by atoms with E-state index in [-0.39, 0.29) is 11.6 Å². The number of nitro groups is 1. The van der Waals surface area contributed by atoms with Gasteiger partial charge < -0.3 is 14.7 Å². The number of rotatable bonds is 4. The van der Waals surface area contributed by atoms with E-state index in [0.717, 1.165) is 51.1 Å². The van der Waals surface area contributed by atoms with E-state index in [2.05, 4.69) is 14.8 Å². The summed E-state index contributed by atoms with van der Waals surface area (Å²) in [5.74, 6) is 1.76. The van der Waals surface area contributed by atoms with Gasteiger partial charge in [-0.2, -0.15) is 0 Å². The Morgan fingerprint density at radius 2 is 1.62 bits per heavy atom. The molecule has 0 saturated carbocycles. The fraction of sp³-hybridized carbons (Fsp3) is 0.458. The molecule has 2 aliphatic heterocycles. The number of hydrogen-bond acceptors (Lipinski definition) is 8. The highest BCUT2D eigenvalue weighted by Crippen LogP contribution is 2.37. The number of carbonyl (C=O) groups is 1. The topological polar surface area (TPSA) is 95.7 Å². The van der Waals surface area contributed by atoms with Crippen LogP contribution in [0, 0.1) is 24.0 Å². The summed E-state index contributed by atoms with van der Waals surface area (Å²) >= 11 is 1.47. The number of carbonyl (C=O) groups excluding carboxylic acids is 1. The summed E-state index contributed by atoms with van der Waals surface area (Å²) < 4.78 is 0. The number of fused-ring (bicyclic) bond motifs is 1. The van der Waals surface area contributed by atoms with Gasteiger partial charge in [-0.05, 0) is 50.8 Å². The van der Waals surface area contributed by atoms with Gasteiger partial charge in [0, 0.05) is 57.1 Å². The molecule has 178 valence electrons. The van der Waals surface area contributed by atoms with Crippen LogP contribution >= 0.6 is 11.3 Å². The van der Waals surface area contributed by atoms with Crippen LogP contribution in [0.5, 0.6) is 0 Å². The number of benzene rings is 1. The molecule has 1 aromatic carbocycles. The maximum Gasteiger partial charge on any atom is 0.269 e. The van der Waals surface area contributed by atoms with E-state index in [1.807, 2.05) is 18.7 Å². The summed E-state index contributed by atoms with van der Waals surface area (Å²) in [6.07, 6.45) is 3.58. The SMILES string of the molecule is Cc1nc(N2CCCCC2)c2c(C)c(C(=O)N3CCN(c4ccc([N+](=O)[O-])cc4)CC3)sc2n1. The van der Waals surface area contributed by atoms with Gasteiger partial charge in [0.25, 0.3) is 11.6 Å². The molecular formula is C24H28N6O3S. The van der Waals surface area contributed by atoms with Crippen LogP contribution < -0.4 is 9.80 Å². The molecule has 0 radical (unpaired) electrons. The van der Waals surface area contributed by atoms with Gasteiger partial charge in [0.05, 0.1) is 15.2 Å². The lowest BCUT2D eigenvalue weighted by atomic mass is 10.1.